The van der Waals surface area contributed by atoms with Gasteiger partial charge >= 0.3 is 0 Å². The highest BCUT2D eigenvalue weighted by Crippen LogP contribution is 2.27. The molecule has 2 rings (SSSR count). The monoisotopic (exact) mass is 340 g/mol. The quantitative estimate of drug-likeness (QED) is 0.863. The van der Waals surface area contributed by atoms with Crippen molar-refractivity contribution in [1.82, 2.24) is 10.3 Å². The number of nitrogens with one attached hydrogen (secondary N) is 1. The summed E-state index contributed by atoms with van der Waals surface area (Å²) in [6, 6.07) is 6.65. The van der Waals surface area contributed by atoms with E-state index in [0.717, 1.165) is 21.8 Å². The van der Waals surface area contributed by atoms with E-state index in [-0.39, 0.29) is 0 Å². The van der Waals surface area contributed by atoms with Crippen LogP contribution in [-0.4, -0.2) is 11.0 Å². The molecule has 102 valence electrons. The fourth-order valence-electron chi connectivity index (χ4n) is 1.56. The molecule has 0 aliphatic heterocycles. The van der Waals surface area contributed by atoms with Crippen LogP contribution in [0, 0.1) is 0 Å². The molecule has 0 radical (unpaired) electrons. The molecule has 1 aromatic carbocycles. The van der Waals surface area contributed by atoms with Gasteiger partial charge in [-0.1, -0.05) is 19.9 Å². The van der Waals surface area contributed by atoms with Crippen LogP contribution in [0.2, 0.25) is 0 Å². The average Bonchev–Trinajstić information content (AvgIpc) is 2.88. The number of benzene rings is 1. The maximum absolute atomic E-state index is 5.74. The van der Waals surface area contributed by atoms with Gasteiger partial charge in [-0.05, 0) is 33.6 Å². The van der Waals surface area contributed by atoms with Crippen molar-refractivity contribution in [3.8, 4) is 5.75 Å². The summed E-state index contributed by atoms with van der Waals surface area (Å²) in [5, 5.41) is 6.33. The number of halogens is 1. The van der Waals surface area contributed by atoms with Crippen molar-refractivity contribution in [2.24, 2.45) is 0 Å². The van der Waals surface area contributed by atoms with Gasteiger partial charge in [-0.15, -0.1) is 11.3 Å². The van der Waals surface area contributed by atoms with E-state index in [4.69, 9.17) is 4.74 Å². The van der Waals surface area contributed by atoms with Gasteiger partial charge in [0.25, 0.3) is 0 Å². The van der Waals surface area contributed by atoms with Crippen LogP contribution in [-0.2, 0) is 13.2 Å². The smallest absolute Gasteiger partial charge is 0.140 e. The van der Waals surface area contributed by atoms with Gasteiger partial charge in [-0.25, -0.2) is 4.98 Å². The first-order valence-electron chi connectivity index (χ1n) is 6.18. The summed E-state index contributed by atoms with van der Waals surface area (Å²) < 4.78 is 6.72. The van der Waals surface area contributed by atoms with Crippen molar-refractivity contribution in [3.05, 3.63) is 44.8 Å². The molecule has 0 spiro atoms. The fraction of sp³-hybridized carbons (Fsp3) is 0.357. The standard InChI is InChI=1S/C14H17BrN2OS/c1-10(2)17-8-11-3-4-13(12(15)7-11)18-9-14-16-5-6-19-14/h3-7,10,17H,8-9H2,1-2H3. The van der Waals surface area contributed by atoms with Crippen LogP contribution < -0.4 is 10.1 Å². The van der Waals surface area contributed by atoms with Crippen molar-refractivity contribution >= 4 is 27.3 Å². The van der Waals surface area contributed by atoms with Crippen molar-refractivity contribution < 1.29 is 4.74 Å². The largest absolute Gasteiger partial charge is 0.485 e. The molecule has 19 heavy (non-hydrogen) atoms. The second kappa shape index (κ2) is 7.03. The van der Waals surface area contributed by atoms with Crippen molar-refractivity contribution in [2.45, 2.75) is 33.0 Å². The Hall–Kier alpha value is -0.910. The lowest BCUT2D eigenvalue weighted by Gasteiger charge is -2.11. The van der Waals surface area contributed by atoms with Gasteiger partial charge in [-0.2, -0.15) is 0 Å². The van der Waals surface area contributed by atoms with E-state index < -0.39 is 0 Å². The van der Waals surface area contributed by atoms with Crippen LogP contribution in [0.3, 0.4) is 0 Å². The maximum atomic E-state index is 5.74. The van der Waals surface area contributed by atoms with Gasteiger partial charge < -0.3 is 10.1 Å². The van der Waals surface area contributed by atoms with Gasteiger partial charge in [0.1, 0.15) is 17.4 Å². The first kappa shape index (κ1) is 14.5. The normalized spacial score (nSPS) is 10.9. The number of hydrogen-bond donors (Lipinski definition) is 1. The lowest BCUT2D eigenvalue weighted by Crippen LogP contribution is -2.21. The van der Waals surface area contributed by atoms with Crippen LogP contribution in [0.4, 0.5) is 0 Å². The van der Waals surface area contributed by atoms with E-state index in [2.05, 4.69) is 52.2 Å². The second-order valence-corrected chi connectivity index (χ2v) is 6.35. The molecule has 1 heterocycles. The van der Waals surface area contributed by atoms with Crippen LogP contribution >= 0.6 is 27.3 Å². The highest BCUT2D eigenvalue weighted by Gasteiger charge is 2.04. The lowest BCUT2D eigenvalue weighted by atomic mass is 10.2. The molecular formula is C14H17BrN2OS. The maximum Gasteiger partial charge on any atom is 0.140 e. The van der Waals surface area contributed by atoms with Gasteiger partial charge in [0.15, 0.2) is 0 Å². The Morgan fingerprint density at radius 3 is 2.89 bits per heavy atom. The summed E-state index contributed by atoms with van der Waals surface area (Å²) in [7, 11) is 0. The second-order valence-electron chi connectivity index (χ2n) is 4.51. The predicted molar refractivity (Wildman–Crippen MR) is 82.6 cm³/mol. The molecule has 0 saturated heterocycles. The Labute approximate surface area is 126 Å². The molecule has 0 aliphatic carbocycles. The van der Waals surface area contributed by atoms with E-state index >= 15 is 0 Å². The van der Waals surface area contributed by atoms with Crippen LogP contribution in [0.1, 0.15) is 24.4 Å². The summed E-state index contributed by atoms with van der Waals surface area (Å²) in [6.45, 7) is 5.66. The summed E-state index contributed by atoms with van der Waals surface area (Å²) >= 11 is 5.15. The first-order valence-corrected chi connectivity index (χ1v) is 7.85. The predicted octanol–water partition coefficient (Wildman–Crippen LogP) is 3.98. The van der Waals surface area contributed by atoms with Crippen molar-refractivity contribution in [1.29, 1.82) is 0 Å². The molecule has 0 bridgehead atoms. The van der Waals surface area contributed by atoms with E-state index in [1.165, 1.54) is 5.56 Å². The highest BCUT2D eigenvalue weighted by molar-refractivity contribution is 9.10. The summed E-state index contributed by atoms with van der Waals surface area (Å²) in [4.78, 5) is 4.20. The molecule has 0 unspecified atom stereocenters. The molecule has 1 aromatic heterocycles. The molecule has 0 aliphatic rings. The van der Waals surface area contributed by atoms with E-state index in [0.29, 0.717) is 12.6 Å². The SMILES string of the molecule is CC(C)NCc1ccc(OCc2nccs2)c(Br)c1. The molecule has 0 atom stereocenters. The molecule has 0 fully saturated rings. The Balaban J connectivity index is 1.94. The first-order chi connectivity index (χ1) is 9.15. The molecule has 3 nitrogen and oxygen atoms in total. The molecule has 0 saturated carbocycles. The van der Waals surface area contributed by atoms with E-state index in [1.54, 1.807) is 17.5 Å². The minimum absolute atomic E-state index is 0.486. The van der Waals surface area contributed by atoms with Gasteiger partial charge in [-0.3, -0.25) is 0 Å². The lowest BCUT2D eigenvalue weighted by molar-refractivity contribution is 0.303. The Bertz CT molecular complexity index is 514. The molecule has 5 heteroatoms. The zero-order chi connectivity index (χ0) is 13.7. The van der Waals surface area contributed by atoms with Crippen LogP contribution in [0.5, 0.6) is 5.75 Å². The molecule has 2 aromatic rings. The number of thiazole rings is 1. The number of nitrogens with zero attached hydrogens (tertiary/aromatic N) is 1. The number of ether oxygens (including phenoxy) is 1. The highest BCUT2D eigenvalue weighted by atomic mass is 79.9. The summed E-state index contributed by atoms with van der Waals surface area (Å²) in [5.41, 5.74) is 1.24. The topological polar surface area (TPSA) is 34.1 Å². The van der Waals surface area contributed by atoms with E-state index in [9.17, 15) is 0 Å². The minimum atomic E-state index is 0.486. The summed E-state index contributed by atoms with van der Waals surface area (Å²) in [5.74, 6) is 0.850. The van der Waals surface area contributed by atoms with E-state index in [1.807, 2.05) is 11.4 Å². The zero-order valence-corrected chi connectivity index (χ0v) is 13.4. The van der Waals surface area contributed by atoms with Gasteiger partial charge in [0, 0.05) is 24.2 Å². The number of rotatable bonds is 6. The van der Waals surface area contributed by atoms with Crippen molar-refractivity contribution in [3.63, 3.8) is 0 Å². The Morgan fingerprint density at radius 1 is 1.42 bits per heavy atom. The van der Waals surface area contributed by atoms with Crippen LogP contribution in [0.25, 0.3) is 0 Å². The third-order valence-electron chi connectivity index (χ3n) is 2.55. The zero-order valence-electron chi connectivity index (χ0n) is 11.0. The van der Waals surface area contributed by atoms with Gasteiger partial charge in [0.05, 0.1) is 4.47 Å². The van der Waals surface area contributed by atoms with Crippen molar-refractivity contribution in [2.75, 3.05) is 0 Å². The molecule has 1 N–H and O–H groups in total. The Kier molecular flexibility index (Phi) is 5.36. The number of hydrogen-bond acceptors (Lipinski definition) is 4. The minimum Gasteiger partial charge on any atom is -0.485 e. The summed E-state index contributed by atoms with van der Waals surface area (Å²) in [6.07, 6.45) is 1.79. The molecule has 0 amide bonds. The third kappa shape index (κ3) is 4.60. The third-order valence-corrected chi connectivity index (χ3v) is 3.92. The van der Waals surface area contributed by atoms with Crippen LogP contribution in [0.15, 0.2) is 34.2 Å². The van der Waals surface area contributed by atoms with Gasteiger partial charge in [0.2, 0.25) is 0 Å². The fourth-order valence-corrected chi connectivity index (χ4v) is 2.63. The molecular weight excluding hydrogens is 324 g/mol. The average molecular weight is 341 g/mol. The number of aromatic nitrogens is 1. The Morgan fingerprint density at radius 2 is 2.26 bits per heavy atom.